The van der Waals surface area contributed by atoms with Gasteiger partial charge in [-0.3, -0.25) is 9.59 Å². The number of benzene rings is 1. The molecule has 3 heterocycles. The minimum atomic E-state index is -0.959. The van der Waals surface area contributed by atoms with Crippen LogP contribution in [0.15, 0.2) is 41.8 Å². The molecule has 3 aromatic rings. The number of thiophene rings is 1. The maximum absolute atomic E-state index is 13.8. The summed E-state index contributed by atoms with van der Waals surface area (Å²) in [6, 6.07) is 12.1. The van der Waals surface area contributed by atoms with Crippen LogP contribution in [0.5, 0.6) is 5.75 Å². The number of carbonyl (C=O) groups is 2. The fraction of sp³-hybridized carbons (Fsp3) is 0.440. The van der Waals surface area contributed by atoms with Gasteiger partial charge in [0.25, 0.3) is 5.91 Å². The van der Waals surface area contributed by atoms with Gasteiger partial charge in [0.05, 0.1) is 19.2 Å². The van der Waals surface area contributed by atoms with Crippen molar-refractivity contribution in [3.05, 3.63) is 52.3 Å². The van der Waals surface area contributed by atoms with Gasteiger partial charge in [-0.15, -0.1) is 11.3 Å². The smallest absolute Gasteiger partial charge is 0.271 e. The van der Waals surface area contributed by atoms with Crippen LogP contribution >= 0.6 is 11.3 Å². The highest BCUT2D eigenvalue weighted by atomic mass is 32.1. The molecule has 32 heavy (non-hydrogen) atoms. The Balaban J connectivity index is 1.53. The summed E-state index contributed by atoms with van der Waals surface area (Å²) in [6.45, 7) is 2.85. The van der Waals surface area contributed by atoms with E-state index in [1.165, 1.54) is 4.88 Å². The molecule has 1 aliphatic carbocycles. The van der Waals surface area contributed by atoms with Crippen molar-refractivity contribution in [3.63, 3.8) is 0 Å². The van der Waals surface area contributed by atoms with Gasteiger partial charge in [-0.2, -0.15) is 0 Å². The highest BCUT2D eigenvalue weighted by molar-refractivity contribution is 7.09. The molecule has 168 valence electrons. The standard InChI is InChI=1S/C25H29N3O3S/c1-25(24(30)26-18-6-3-4-7-18)16-27-21-15-19(31-2)10-9-17(21)14-22(27)23(29)28(25)12-11-20-8-5-13-32-20/h5,8-10,13-15,18H,3-4,6-7,11-12,16H2,1-2H3,(H,26,30)/t25-/m0/s1. The lowest BCUT2D eigenvalue weighted by molar-refractivity contribution is -0.133. The van der Waals surface area contributed by atoms with Crippen molar-refractivity contribution in [1.29, 1.82) is 0 Å². The average Bonchev–Trinajstić information content (AvgIpc) is 3.55. The number of carbonyl (C=O) groups excluding carboxylic acids is 2. The third kappa shape index (κ3) is 3.58. The van der Waals surface area contributed by atoms with E-state index in [-0.39, 0.29) is 17.9 Å². The summed E-state index contributed by atoms with van der Waals surface area (Å²) in [5.74, 6) is 0.592. The second-order valence-electron chi connectivity index (χ2n) is 9.06. The summed E-state index contributed by atoms with van der Waals surface area (Å²) in [5.41, 5.74) is 0.593. The Bertz CT molecular complexity index is 1150. The molecular weight excluding hydrogens is 422 g/mol. The van der Waals surface area contributed by atoms with Gasteiger partial charge >= 0.3 is 0 Å². The fourth-order valence-corrected chi connectivity index (χ4v) is 5.79. The average molecular weight is 452 g/mol. The number of methoxy groups -OCH3 is 1. The summed E-state index contributed by atoms with van der Waals surface area (Å²) in [7, 11) is 1.64. The van der Waals surface area contributed by atoms with Gasteiger partial charge in [0.1, 0.15) is 17.0 Å². The first kappa shape index (κ1) is 21.1. The molecule has 2 aliphatic rings. The van der Waals surface area contributed by atoms with E-state index in [0.29, 0.717) is 18.8 Å². The maximum atomic E-state index is 13.8. The van der Waals surface area contributed by atoms with Crippen LogP contribution in [0.3, 0.4) is 0 Å². The summed E-state index contributed by atoms with van der Waals surface area (Å²) in [5, 5.41) is 6.28. The third-order valence-electron chi connectivity index (χ3n) is 6.98. The highest BCUT2D eigenvalue weighted by Gasteiger charge is 2.48. The normalized spacial score (nSPS) is 21.2. The number of fused-ring (bicyclic) bond motifs is 3. The van der Waals surface area contributed by atoms with Crippen LogP contribution in [0.1, 0.15) is 48.0 Å². The van der Waals surface area contributed by atoms with E-state index < -0.39 is 5.54 Å². The van der Waals surface area contributed by atoms with Crippen molar-refractivity contribution in [2.24, 2.45) is 0 Å². The van der Waals surface area contributed by atoms with Crippen molar-refractivity contribution in [3.8, 4) is 5.75 Å². The maximum Gasteiger partial charge on any atom is 0.271 e. The van der Waals surface area contributed by atoms with Gasteiger partial charge in [0.2, 0.25) is 5.91 Å². The van der Waals surface area contributed by atoms with E-state index in [1.807, 2.05) is 47.2 Å². The van der Waals surface area contributed by atoms with Gasteiger partial charge in [0, 0.05) is 28.9 Å². The zero-order valence-corrected chi connectivity index (χ0v) is 19.4. The van der Waals surface area contributed by atoms with Gasteiger partial charge in [-0.1, -0.05) is 18.9 Å². The van der Waals surface area contributed by atoms with E-state index in [1.54, 1.807) is 23.3 Å². The second-order valence-corrected chi connectivity index (χ2v) is 10.1. The molecule has 1 fully saturated rings. The Kier molecular flexibility index (Phi) is 5.45. The van der Waals surface area contributed by atoms with Crippen LogP contribution < -0.4 is 10.1 Å². The van der Waals surface area contributed by atoms with E-state index in [9.17, 15) is 9.59 Å². The van der Waals surface area contributed by atoms with Crippen molar-refractivity contribution in [2.45, 2.75) is 57.2 Å². The molecule has 5 rings (SSSR count). The predicted molar refractivity (Wildman–Crippen MR) is 126 cm³/mol. The van der Waals surface area contributed by atoms with Crippen molar-refractivity contribution in [1.82, 2.24) is 14.8 Å². The van der Waals surface area contributed by atoms with Crippen molar-refractivity contribution >= 4 is 34.1 Å². The summed E-state index contributed by atoms with van der Waals surface area (Å²) in [4.78, 5) is 30.4. The molecule has 0 radical (unpaired) electrons. The number of hydrogen-bond acceptors (Lipinski definition) is 4. The van der Waals surface area contributed by atoms with Crippen LogP contribution in [-0.2, 0) is 17.8 Å². The van der Waals surface area contributed by atoms with E-state index in [0.717, 1.165) is 48.8 Å². The summed E-state index contributed by atoms with van der Waals surface area (Å²) < 4.78 is 7.41. The zero-order chi connectivity index (χ0) is 22.3. The quantitative estimate of drug-likeness (QED) is 0.610. The number of hydrogen-bond donors (Lipinski definition) is 1. The van der Waals surface area contributed by atoms with Crippen LogP contribution in [0, 0.1) is 0 Å². The lowest BCUT2D eigenvalue weighted by Crippen LogP contribution is -2.65. The van der Waals surface area contributed by atoms with E-state index >= 15 is 0 Å². The molecule has 2 aromatic heterocycles. The third-order valence-corrected chi connectivity index (χ3v) is 7.92. The van der Waals surface area contributed by atoms with Gasteiger partial charge in [0.15, 0.2) is 0 Å². The molecule has 0 saturated heterocycles. The second kappa shape index (κ2) is 8.28. The van der Waals surface area contributed by atoms with Crippen LogP contribution in [-0.4, -0.2) is 46.5 Å². The summed E-state index contributed by atoms with van der Waals surface area (Å²) in [6.07, 6.45) is 5.06. The Hall–Kier alpha value is -2.80. The van der Waals surface area contributed by atoms with Gasteiger partial charge in [-0.25, -0.2) is 0 Å². The minimum Gasteiger partial charge on any atom is -0.497 e. The topological polar surface area (TPSA) is 63.6 Å². The molecule has 1 aromatic carbocycles. The predicted octanol–water partition coefficient (Wildman–Crippen LogP) is 4.23. The zero-order valence-electron chi connectivity index (χ0n) is 18.6. The Morgan fingerprint density at radius 1 is 1.25 bits per heavy atom. The van der Waals surface area contributed by atoms with Crippen LogP contribution in [0.25, 0.3) is 10.9 Å². The molecule has 6 nitrogen and oxygen atoms in total. The Morgan fingerprint density at radius 3 is 2.78 bits per heavy atom. The number of ether oxygens (including phenoxy) is 1. The molecule has 0 unspecified atom stereocenters. The van der Waals surface area contributed by atoms with E-state index in [2.05, 4.69) is 11.4 Å². The highest BCUT2D eigenvalue weighted by Crippen LogP contribution is 2.34. The first-order valence-corrected chi connectivity index (χ1v) is 12.2. The fourth-order valence-electron chi connectivity index (χ4n) is 5.09. The number of amides is 2. The number of nitrogens with one attached hydrogen (secondary N) is 1. The molecule has 0 bridgehead atoms. The molecule has 0 spiro atoms. The molecule has 1 atom stereocenters. The van der Waals surface area contributed by atoms with Crippen LogP contribution in [0.4, 0.5) is 0 Å². The lowest BCUT2D eigenvalue weighted by Gasteiger charge is -2.44. The number of rotatable bonds is 6. The first-order valence-electron chi connectivity index (χ1n) is 11.3. The van der Waals surface area contributed by atoms with Crippen molar-refractivity contribution < 1.29 is 14.3 Å². The molecule has 2 amide bonds. The largest absolute Gasteiger partial charge is 0.497 e. The van der Waals surface area contributed by atoms with Gasteiger partial charge in [-0.05, 0) is 55.8 Å². The minimum absolute atomic E-state index is 0.0562. The van der Waals surface area contributed by atoms with Gasteiger partial charge < -0.3 is 19.5 Å². The van der Waals surface area contributed by atoms with E-state index in [4.69, 9.17) is 4.74 Å². The summed E-state index contributed by atoms with van der Waals surface area (Å²) >= 11 is 1.68. The Morgan fingerprint density at radius 2 is 2.06 bits per heavy atom. The van der Waals surface area contributed by atoms with Crippen LogP contribution in [0.2, 0.25) is 0 Å². The van der Waals surface area contributed by atoms with Crippen molar-refractivity contribution in [2.75, 3.05) is 13.7 Å². The molecular formula is C25H29N3O3S. The molecule has 1 aliphatic heterocycles. The first-order chi connectivity index (χ1) is 15.5. The lowest BCUT2D eigenvalue weighted by atomic mass is 9.93. The number of aromatic nitrogens is 1. The Labute approximate surface area is 192 Å². The molecule has 7 heteroatoms. The monoisotopic (exact) mass is 451 g/mol. The number of nitrogens with zero attached hydrogens (tertiary/aromatic N) is 2. The molecule has 1 saturated carbocycles. The molecule has 1 N–H and O–H groups in total. The SMILES string of the molecule is COc1ccc2cc3n(c2c1)C[C@@](C)(C(=O)NC1CCCC1)N(CCc1cccs1)C3=O.